The number of halogens is 1. The first-order valence-electron chi connectivity index (χ1n) is 15.8. The number of benzene rings is 1. The Morgan fingerprint density at radius 2 is 1.80 bits per heavy atom. The summed E-state index contributed by atoms with van der Waals surface area (Å²) in [7, 11) is 0. The monoisotopic (exact) mass is 685 g/mol. The zero-order valence-corrected chi connectivity index (χ0v) is 28.2. The number of ether oxygens (including phenoxy) is 2. The Morgan fingerprint density at radius 3 is 2.44 bits per heavy atom. The SMILES string of the molecule is CC(C)C[C@H](CO)N1C(=O)[C@@H]2[C@H]3C(=O)O[C@@H](c4ccccc4)CNC(=O)CC/C=C\CN(C(C)(C)C)C(=O)[C@@H]1[C@]21C=C(Br)[C@H]3O1. The first-order valence-corrected chi connectivity index (χ1v) is 16.6. The summed E-state index contributed by atoms with van der Waals surface area (Å²) in [5.74, 6) is -3.55. The molecule has 1 aromatic carbocycles. The fourth-order valence-corrected chi connectivity index (χ4v) is 7.92. The smallest absolute Gasteiger partial charge is 0.313 e. The highest BCUT2D eigenvalue weighted by atomic mass is 79.9. The van der Waals surface area contributed by atoms with Crippen LogP contribution in [0.1, 0.15) is 65.5 Å². The van der Waals surface area contributed by atoms with E-state index in [-0.39, 0.29) is 43.8 Å². The van der Waals surface area contributed by atoms with Crippen LogP contribution < -0.4 is 5.32 Å². The summed E-state index contributed by atoms with van der Waals surface area (Å²) >= 11 is 3.59. The lowest BCUT2D eigenvalue weighted by Crippen LogP contribution is -2.61. The predicted molar refractivity (Wildman–Crippen MR) is 171 cm³/mol. The topological polar surface area (TPSA) is 125 Å². The second kappa shape index (κ2) is 13.0. The molecule has 0 saturated carbocycles. The Bertz CT molecular complexity index is 1370. The number of hydrogen-bond donors (Lipinski definition) is 2. The number of carbonyl (C=O) groups is 4. The quantitative estimate of drug-likeness (QED) is 0.358. The molecule has 2 fully saturated rings. The highest BCUT2D eigenvalue weighted by molar-refractivity contribution is 9.11. The fourth-order valence-electron chi connectivity index (χ4n) is 7.18. The van der Waals surface area contributed by atoms with Crippen molar-refractivity contribution in [1.82, 2.24) is 15.1 Å². The van der Waals surface area contributed by atoms with Crippen LogP contribution >= 0.6 is 15.9 Å². The summed E-state index contributed by atoms with van der Waals surface area (Å²) in [6, 6.07) is 7.37. The molecule has 2 saturated heterocycles. The Hall–Kier alpha value is -3.02. The predicted octanol–water partition coefficient (Wildman–Crippen LogP) is 3.64. The molecule has 3 amide bonds. The number of nitrogens with zero attached hydrogens (tertiary/aromatic N) is 2. The molecule has 4 heterocycles. The number of allylic oxidation sites excluding steroid dienone is 1. The number of hydrogen-bond acceptors (Lipinski definition) is 7. The van der Waals surface area contributed by atoms with E-state index in [1.54, 1.807) is 11.0 Å². The van der Waals surface area contributed by atoms with Crippen molar-refractivity contribution >= 4 is 39.6 Å². The molecular formula is C34H44BrN3O7. The minimum atomic E-state index is -1.44. The normalized spacial score (nSPS) is 32.4. The summed E-state index contributed by atoms with van der Waals surface area (Å²) in [5.41, 5.74) is -1.39. The molecule has 0 unspecified atom stereocenters. The molecule has 7 atom stereocenters. The molecule has 45 heavy (non-hydrogen) atoms. The molecule has 244 valence electrons. The van der Waals surface area contributed by atoms with E-state index in [9.17, 15) is 24.3 Å². The third-order valence-electron chi connectivity index (χ3n) is 9.20. The molecule has 0 aliphatic carbocycles. The number of likely N-dealkylation sites (tertiary alicyclic amines) is 1. The van der Waals surface area contributed by atoms with Crippen LogP contribution in [0.4, 0.5) is 0 Å². The van der Waals surface area contributed by atoms with E-state index in [1.807, 2.05) is 77.1 Å². The number of aliphatic hydroxyl groups is 1. The highest BCUT2D eigenvalue weighted by Crippen LogP contribution is 2.59. The average Bonchev–Trinajstić information content (AvgIpc) is 3.57. The molecular weight excluding hydrogens is 642 g/mol. The lowest BCUT2D eigenvalue weighted by molar-refractivity contribution is -0.161. The van der Waals surface area contributed by atoms with Crippen molar-refractivity contribution in [2.45, 2.75) is 89.3 Å². The number of nitrogens with one attached hydrogen (secondary N) is 1. The zero-order valence-electron chi connectivity index (χ0n) is 26.6. The van der Waals surface area contributed by atoms with Gasteiger partial charge in [0.05, 0.1) is 25.1 Å². The fraction of sp³-hybridized carbons (Fsp3) is 0.588. The number of aliphatic hydroxyl groups excluding tert-OH is 1. The van der Waals surface area contributed by atoms with Gasteiger partial charge in [-0.2, -0.15) is 0 Å². The van der Waals surface area contributed by atoms with Crippen molar-refractivity contribution in [3.05, 3.63) is 58.6 Å². The van der Waals surface area contributed by atoms with E-state index in [2.05, 4.69) is 21.2 Å². The van der Waals surface area contributed by atoms with Crippen molar-refractivity contribution < 1.29 is 33.8 Å². The number of esters is 1. The average molecular weight is 687 g/mol. The standard InChI is InChI=1S/C34H44BrN3O7/c1-20(2)16-22(19-39)38-29-31(42)37(33(3,4)5)15-11-7-10-14-25(40)36-18-24(21-12-8-6-9-13-21)44-32(43)26-27(30(38)41)34(29)17-23(35)28(26)45-34/h6-9,11-13,17,20,22,24,26-29,39H,10,14-16,18-19H2,1-5H3,(H,36,40)/b11-7-/t22-,24-,26-,27+,28-,29-,34+/m1/s1. The minimum absolute atomic E-state index is 0.0589. The third-order valence-corrected chi connectivity index (χ3v) is 9.88. The van der Waals surface area contributed by atoms with Crippen LogP contribution in [0.3, 0.4) is 0 Å². The third kappa shape index (κ3) is 6.23. The van der Waals surface area contributed by atoms with Gasteiger partial charge in [-0.1, -0.05) is 72.3 Å². The largest absolute Gasteiger partial charge is 0.455 e. The summed E-state index contributed by atoms with van der Waals surface area (Å²) in [5, 5.41) is 13.5. The minimum Gasteiger partial charge on any atom is -0.455 e. The van der Waals surface area contributed by atoms with Gasteiger partial charge in [-0.25, -0.2) is 0 Å². The lowest BCUT2D eigenvalue weighted by Gasteiger charge is -2.43. The van der Waals surface area contributed by atoms with Crippen molar-refractivity contribution in [1.29, 1.82) is 0 Å². The summed E-state index contributed by atoms with van der Waals surface area (Å²) in [6.07, 6.45) is 5.03. The molecule has 10 nitrogen and oxygen atoms in total. The maximum atomic E-state index is 14.8. The van der Waals surface area contributed by atoms with Gasteiger partial charge in [0.2, 0.25) is 17.7 Å². The van der Waals surface area contributed by atoms with Gasteiger partial charge in [0.1, 0.15) is 29.8 Å². The number of fused-ring (bicyclic) bond motifs is 2. The van der Waals surface area contributed by atoms with E-state index in [1.165, 1.54) is 4.90 Å². The molecule has 1 aromatic rings. The number of amides is 3. The molecule has 0 aromatic heterocycles. The molecule has 1 spiro atoms. The van der Waals surface area contributed by atoms with Crippen LogP contribution in [0.5, 0.6) is 0 Å². The maximum Gasteiger partial charge on any atom is 0.313 e. The second-order valence-corrected chi connectivity index (χ2v) is 14.7. The van der Waals surface area contributed by atoms with Gasteiger partial charge in [0.25, 0.3) is 0 Å². The molecule has 11 heteroatoms. The molecule has 4 aliphatic rings. The van der Waals surface area contributed by atoms with Crippen molar-refractivity contribution in [2.75, 3.05) is 19.7 Å². The van der Waals surface area contributed by atoms with Gasteiger partial charge in [-0.15, -0.1) is 0 Å². The van der Waals surface area contributed by atoms with E-state index in [4.69, 9.17) is 9.47 Å². The van der Waals surface area contributed by atoms with Crippen LogP contribution in [0.25, 0.3) is 0 Å². The Morgan fingerprint density at radius 1 is 1.09 bits per heavy atom. The number of rotatable bonds is 5. The molecule has 4 aliphatic heterocycles. The van der Waals surface area contributed by atoms with E-state index in [0.29, 0.717) is 22.9 Å². The van der Waals surface area contributed by atoms with E-state index in [0.717, 1.165) is 0 Å². The van der Waals surface area contributed by atoms with E-state index >= 15 is 0 Å². The van der Waals surface area contributed by atoms with Crippen LogP contribution in [-0.4, -0.2) is 87.6 Å². The summed E-state index contributed by atoms with van der Waals surface area (Å²) in [6.45, 7) is 9.72. The molecule has 5 bridgehead atoms. The second-order valence-electron chi connectivity index (χ2n) is 13.8. The van der Waals surface area contributed by atoms with Gasteiger partial charge >= 0.3 is 5.97 Å². The first-order chi connectivity index (χ1) is 21.3. The van der Waals surface area contributed by atoms with Gasteiger partial charge in [0.15, 0.2) is 0 Å². The molecule has 2 N–H and O–H groups in total. The molecule has 5 rings (SSSR count). The van der Waals surface area contributed by atoms with Gasteiger partial charge in [-0.05, 0) is 51.2 Å². The molecule has 0 radical (unpaired) electrons. The van der Waals surface area contributed by atoms with Crippen LogP contribution in [0, 0.1) is 17.8 Å². The van der Waals surface area contributed by atoms with Gasteiger partial charge in [-0.3, -0.25) is 19.2 Å². The number of carbonyl (C=O) groups excluding carboxylic acids is 4. The van der Waals surface area contributed by atoms with Crippen molar-refractivity contribution in [3.8, 4) is 0 Å². The van der Waals surface area contributed by atoms with Gasteiger partial charge in [0, 0.05) is 23.0 Å². The Balaban J connectivity index is 1.64. The zero-order chi connectivity index (χ0) is 32.7. The van der Waals surface area contributed by atoms with Crippen LogP contribution in [-0.2, 0) is 28.7 Å². The Kier molecular flexibility index (Phi) is 9.63. The van der Waals surface area contributed by atoms with Crippen molar-refractivity contribution in [3.63, 3.8) is 0 Å². The summed E-state index contributed by atoms with van der Waals surface area (Å²) in [4.78, 5) is 59.5. The highest BCUT2D eigenvalue weighted by Gasteiger charge is 2.75. The van der Waals surface area contributed by atoms with Gasteiger partial charge < -0.3 is 29.7 Å². The van der Waals surface area contributed by atoms with Crippen LogP contribution in [0.15, 0.2) is 53.0 Å². The maximum absolute atomic E-state index is 14.8. The van der Waals surface area contributed by atoms with Crippen LogP contribution in [0.2, 0.25) is 0 Å². The van der Waals surface area contributed by atoms with E-state index < -0.39 is 59.1 Å². The summed E-state index contributed by atoms with van der Waals surface area (Å²) < 4.78 is 13.3. The first kappa shape index (κ1) is 33.3. The number of cyclic esters (lactones) is 1. The lowest BCUT2D eigenvalue weighted by atomic mass is 9.74. The van der Waals surface area contributed by atoms with Crippen molar-refractivity contribution in [2.24, 2.45) is 17.8 Å². The Labute approximate surface area is 273 Å².